The number of nitrogen functional groups attached to an aromatic ring is 1. The summed E-state index contributed by atoms with van der Waals surface area (Å²) in [7, 11) is 0. The third-order valence-corrected chi connectivity index (χ3v) is 1.85. The van der Waals surface area contributed by atoms with Crippen LogP contribution in [0, 0.1) is 0 Å². The van der Waals surface area contributed by atoms with Crippen molar-refractivity contribution < 1.29 is 0 Å². The van der Waals surface area contributed by atoms with Gasteiger partial charge in [-0.2, -0.15) is 0 Å². The quantitative estimate of drug-likeness (QED) is 0.680. The highest BCUT2D eigenvalue weighted by molar-refractivity contribution is 6.33. The van der Waals surface area contributed by atoms with Crippen molar-refractivity contribution in [1.82, 2.24) is 0 Å². The summed E-state index contributed by atoms with van der Waals surface area (Å²) in [5.74, 6) is 0. The second-order valence-electron chi connectivity index (χ2n) is 2.17. The maximum Gasteiger partial charge on any atom is 0.0638 e. The first-order valence-corrected chi connectivity index (χ1v) is 3.66. The van der Waals surface area contributed by atoms with Crippen molar-refractivity contribution in [2.24, 2.45) is 0 Å². The largest absolute Gasteiger partial charge is 0.397 e. The zero-order chi connectivity index (χ0) is 7.56. The number of benzene rings is 1. The second-order valence-corrected chi connectivity index (χ2v) is 2.57. The maximum atomic E-state index is 5.77. The lowest BCUT2D eigenvalue weighted by Crippen LogP contribution is -1.92. The van der Waals surface area contributed by atoms with Gasteiger partial charge >= 0.3 is 0 Å². The molecule has 2 N–H and O–H groups in total. The molecule has 0 saturated carbocycles. The van der Waals surface area contributed by atoms with Crippen LogP contribution in [0.3, 0.4) is 0 Å². The molecule has 0 fully saturated rings. The Morgan fingerprint density at radius 3 is 2.55 bits per heavy atom. The fourth-order valence-corrected chi connectivity index (χ4v) is 1.08. The fourth-order valence-electron chi connectivity index (χ4n) is 0.890. The van der Waals surface area contributed by atoms with Gasteiger partial charge in [0.25, 0.3) is 0 Å². The molecule has 0 aliphatic rings. The Hall–Kier alpha value is -0.400. The van der Waals surface area contributed by atoms with E-state index in [-0.39, 0.29) is 12.4 Å². The lowest BCUT2D eigenvalue weighted by molar-refractivity contribution is 1.14. The van der Waals surface area contributed by atoms with E-state index in [1.807, 2.05) is 12.1 Å². The van der Waals surface area contributed by atoms with Gasteiger partial charge in [0.15, 0.2) is 0 Å². The molecule has 0 spiro atoms. The molecule has 1 nitrogen and oxygen atoms in total. The molecule has 0 heterocycles. The van der Waals surface area contributed by atoms with E-state index in [9.17, 15) is 0 Å². The molecular formula is C8H11Cl2N. The van der Waals surface area contributed by atoms with Crippen LogP contribution in [0.2, 0.25) is 5.02 Å². The summed E-state index contributed by atoms with van der Waals surface area (Å²) < 4.78 is 0. The summed E-state index contributed by atoms with van der Waals surface area (Å²) in [4.78, 5) is 0. The first kappa shape index (κ1) is 10.6. The Morgan fingerprint density at radius 1 is 1.45 bits per heavy atom. The molecule has 0 radical (unpaired) electrons. The zero-order valence-corrected chi connectivity index (χ0v) is 7.88. The molecule has 62 valence electrons. The average molecular weight is 192 g/mol. The van der Waals surface area contributed by atoms with Crippen molar-refractivity contribution in [3.05, 3.63) is 28.8 Å². The van der Waals surface area contributed by atoms with Gasteiger partial charge < -0.3 is 5.73 Å². The molecule has 3 heteroatoms. The van der Waals surface area contributed by atoms with Crippen LogP contribution >= 0.6 is 24.0 Å². The fraction of sp³-hybridized carbons (Fsp3) is 0.250. The van der Waals surface area contributed by atoms with Crippen molar-refractivity contribution >= 4 is 29.7 Å². The molecule has 1 aromatic rings. The number of nitrogens with two attached hydrogens (primary N) is 1. The predicted molar refractivity (Wildman–Crippen MR) is 52.5 cm³/mol. The van der Waals surface area contributed by atoms with Crippen molar-refractivity contribution in [1.29, 1.82) is 0 Å². The number of rotatable bonds is 1. The standard InChI is InChI=1S/C8H10ClN.ClH/c1-2-6-4-3-5-7(9)8(6)10;/h3-5H,2,10H2,1H3;1H. The van der Waals surface area contributed by atoms with Crippen LogP contribution in [0.15, 0.2) is 18.2 Å². The summed E-state index contributed by atoms with van der Waals surface area (Å²) in [6.07, 6.45) is 0.937. The lowest BCUT2D eigenvalue weighted by Gasteiger charge is -2.02. The highest BCUT2D eigenvalue weighted by Gasteiger charge is 1.98. The van der Waals surface area contributed by atoms with Crippen LogP contribution < -0.4 is 5.73 Å². The molecule has 0 saturated heterocycles. The smallest absolute Gasteiger partial charge is 0.0638 e. The summed E-state index contributed by atoms with van der Waals surface area (Å²) in [5, 5.41) is 0.652. The highest BCUT2D eigenvalue weighted by atomic mass is 35.5. The van der Waals surface area contributed by atoms with Gasteiger partial charge in [-0.15, -0.1) is 12.4 Å². The molecular weight excluding hydrogens is 181 g/mol. The van der Waals surface area contributed by atoms with Gasteiger partial charge in [0.2, 0.25) is 0 Å². The van der Waals surface area contributed by atoms with Gasteiger partial charge in [-0.05, 0) is 18.1 Å². The zero-order valence-electron chi connectivity index (χ0n) is 6.30. The van der Waals surface area contributed by atoms with Crippen molar-refractivity contribution in [3.63, 3.8) is 0 Å². The van der Waals surface area contributed by atoms with E-state index >= 15 is 0 Å². The molecule has 0 bridgehead atoms. The molecule has 0 amide bonds. The summed E-state index contributed by atoms with van der Waals surface area (Å²) in [5.41, 5.74) is 7.49. The normalized spacial score (nSPS) is 8.91. The van der Waals surface area contributed by atoms with Crippen LogP contribution in [-0.2, 0) is 6.42 Å². The molecule has 0 aliphatic heterocycles. The first-order valence-electron chi connectivity index (χ1n) is 3.28. The van der Waals surface area contributed by atoms with Crippen molar-refractivity contribution in [2.45, 2.75) is 13.3 Å². The van der Waals surface area contributed by atoms with Crippen molar-refractivity contribution in [2.75, 3.05) is 5.73 Å². The molecule has 1 rings (SSSR count). The van der Waals surface area contributed by atoms with Crippen LogP contribution in [0.25, 0.3) is 0 Å². The van der Waals surface area contributed by atoms with Crippen molar-refractivity contribution in [3.8, 4) is 0 Å². The van der Waals surface area contributed by atoms with Gasteiger partial charge in [0, 0.05) is 0 Å². The monoisotopic (exact) mass is 191 g/mol. The molecule has 1 aromatic carbocycles. The predicted octanol–water partition coefficient (Wildman–Crippen LogP) is 2.91. The van der Waals surface area contributed by atoms with Crippen LogP contribution in [0.5, 0.6) is 0 Å². The van der Waals surface area contributed by atoms with Crippen LogP contribution in [0.1, 0.15) is 12.5 Å². The number of hydrogen-bond donors (Lipinski definition) is 1. The second kappa shape index (κ2) is 4.47. The topological polar surface area (TPSA) is 26.0 Å². The van der Waals surface area contributed by atoms with E-state index < -0.39 is 0 Å². The number of anilines is 1. The minimum absolute atomic E-state index is 0. The van der Waals surface area contributed by atoms with Crippen LogP contribution in [-0.4, -0.2) is 0 Å². The summed E-state index contributed by atoms with van der Waals surface area (Å²) in [6, 6.07) is 5.70. The summed E-state index contributed by atoms with van der Waals surface area (Å²) >= 11 is 5.77. The van der Waals surface area contributed by atoms with Gasteiger partial charge in [-0.3, -0.25) is 0 Å². The number of hydrogen-bond acceptors (Lipinski definition) is 1. The van der Waals surface area contributed by atoms with E-state index in [1.54, 1.807) is 6.07 Å². The summed E-state index contributed by atoms with van der Waals surface area (Å²) in [6.45, 7) is 2.06. The molecule has 0 atom stereocenters. The minimum Gasteiger partial charge on any atom is -0.397 e. The maximum absolute atomic E-state index is 5.77. The van der Waals surface area contributed by atoms with Gasteiger partial charge in [-0.1, -0.05) is 30.7 Å². The third-order valence-electron chi connectivity index (χ3n) is 1.52. The van der Waals surface area contributed by atoms with E-state index in [4.69, 9.17) is 17.3 Å². The SMILES string of the molecule is CCc1cccc(Cl)c1N.Cl. The Bertz CT molecular complexity index is 236. The van der Waals surface area contributed by atoms with E-state index in [1.165, 1.54) is 0 Å². The van der Waals surface area contributed by atoms with Gasteiger partial charge in [0.05, 0.1) is 10.7 Å². The van der Waals surface area contributed by atoms with Gasteiger partial charge in [0.1, 0.15) is 0 Å². The Kier molecular flexibility index (Phi) is 4.31. The number of aryl methyl sites for hydroxylation is 1. The Labute approximate surface area is 78.0 Å². The number of para-hydroxylation sites is 1. The number of halogens is 2. The van der Waals surface area contributed by atoms with Crippen LogP contribution in [0.4, 0.5) is 5.69 Å². The molecule has 11 heavy (non-hydrogen) atoms. The van der Waals surface area contributed by atoms with E-state index in [2.05, 4.69) is 6.92 Å². The minimum atomic E-state index is 0. The first-order chi connectivity index (χ1) is 4.75. The third kappa shape index (κ3) is 2.28. The highest BCUT2D eigenvalue weighted by Crippen LogP contribution is 2.22. The molecule has 0 aromatic heterocycles. The van der Waals surface area contributed by atoms with E-state index in [0.29, 0.717) is 10.7 Å². The Morgan fingerprint density at radius 2 is 2.09 bits per heavy atom. The lowest BCUT2D eigenvalue weighted by atomic mass is 10.1. The molecule has 0 unspecified atom stereocenters. The van der Waals surface area contributed by atoms with E-state index in [0.717, 1.165) is 12.0 Å². The van der Waals surface area contributed by atoms with Gasteiger partial charge in [-0.25, -0.2) is 0 Å². The average Bonchev–Trinajstić information content (AvgIpc) is 1.95. The Balaban J connectivity index is 0.000001000. The molecule has 0 aliphatic carbocycles.